The maximum Gasteiger partial charge on any atom is 0.482 e. The van der Waals surface area contributed by atoms with E-state index in [-0.39, 0.29) is 47.3 Å². The third-order valence-electron chi connectivity index (χ3n) is 13.6. The second kappa shape index (κ2) is 19.3. The Kier molecular flexibility index (Phi) is 14.4. The Morgan fingerprint density at radius 3 is 0.716 bits per heavy atom. The molecule has 3 aliphatic heterocycles. The molecule has 12 heteroatoms. The molecule has 4 aromatic rings. The number of nitrogens with zero attached hydrogens (tertiary/aromatic N) is 4. The highest BCUT2D eigenvalue weighted by molar-refractivity contribution is 6.78. The van der Waals surface area contributed by atoms with Gasteiger partial charge in [0.2, 0.25) is 0 Å². The third-order valence-corrected chi connectivity index (χ3v) is 19.2. The van der Waals surface area contributed by atoms with Crippen LogP contribution in [0.1, 0.15) is 203 Å². The average Bonchev–Trinajstić information content (AvgIpc) is 3.91. The highest BCUT2D eigenvalue weighted by Gasteiger charge is 2.60. The summed E-state index contributed by atoms with van der Waals surface area (Å²) < 4.78 is 19.2. The minimum absolute atomic E-state index is 0.0698. The van der Waals surface area contributed by atoms with Gasteiger partial charge in [-0.05, 0) is 91.9 Å². The van der Waals surface area contributed by atoms with Gasteiger partial charge in [-0.2, -0.15) is 0 Å². The Morgan fingerprint density at radius 1 is 0.373 bits per heavy atom. The SMILES string of the molecule is CC(C)c1cccc(C(C)C)c1N1C=CN(c2c(C(C)C)cccc2C(C)C)C1[Si]1([O-])OC(=O)O[Si]([O-])(C2N(c3c(C(C)C)cccc3C(C)C)C=CN2c2c(C(C)C)cccc2C(C)C)O1. The Hall–Kier alpha value is -4.86. The second-order valence-electron chi connectivity index (χ2n) is 21.1. The zero-order valence-electron chi connectivity index (χ0n) is 42.7. The van der Waals surface area contributed by atoms with Crippen LogP contribution in [0, 0.1) is 0 Å². The summed E-state index contributed by atoms with van der Waals surface area (Å²) in [6.45, 7) is 34.3. The second-order valence-corrected chi connectivity index (χ2v) is 25.8. The highest BCUT2D eigenvalue weighted by Crippen LogP contribution is 2.49. The fraction of sp³-hybridized carbons (Fsp3) is 0.473. The van der Waals surface area contributed by atoms with Crippen molar-refractivity contribution in [2.45, 2.75) is 170 Å². The predicted molar refractivity (Wildman–Crippen MR) is 274 cm³/mol. The molecule has 3 aliphatic rings. The molecule has 360 valence electrons. The van der Waals surface area contributed by atoms with E-state index >= 15 is 9.59 Å². The largest absolute Gasteiger partial charge is 0.805 e. The number of carbonyl (C=O) groups is 1. The van der Waals surface area contributed by atoms with Crippen LogP contribution in [0.3, 0.4) is 0 Å². The Labute approximate surface area is 403 Å². The van der Waals surface area contributed by atoms with Crippen LogP contribution < -0.4 is 29.2 Å². The van der Waals surface area contributed by atoms with Gasteiger partial charge in [-0.15, -0.1) is 0 Å². The summed E-state index contributed by atoms with van der Waals surface area (Å²) in [5, 5.41) is 0. The molecule has 0 radical (unpaired) electrons. The first-order chi connectivity index (χ1) is 31.5. The van der Waals surface area contributed by atoms with Crippen LogP contribution in [0.5, 0.6) is 0 Å². The molecule has 0 amide bonds. The quantitative estimate of drug-likeness (QED) is 0.114. The van der Waals surface area contributed by atoms with Gasteiger partial charge >= 0.3 is 23.8 Å². The fourth-order valence-electron chi connectivity index (χ4n) is 10.3. The fourth-order valence-corrected chi connectivity index (χ4v) is 16.1. The van der Waals surface area contributed by atoms with E-state index in [0.29, 0.717) is 0 Å². The van der Waals surface area contributed by atoms with Crippen LogP contribution >= 0.6 is 0 Å². The lowest BCUT2D eigenvalue weighted by Crippen LogP contribution is -2.86. The van der Waals surface area contributed by atoms with Crippen molar-refractivity contribution in [3.05, 3.63) is 142 Å². The zero-order valence-corrected chi connectivity index (χ0v) is 44.7. The molecule has 0 bridgehead atoms. The van der Waals surface area contributed by atoms with Crippen molar-refractivity contribution in [1.82, 2.24) is 0 Å². The summed E-state index contributed by atoms with van der Waals surface area (Å²) in [6.07, 6.45) is 6.40. The third kappa shape index (κ3) is 9.12. The van der Waals surface area contributed by atoms with E-state index in [1.54, 1.807) is 0 Å². The van der Waals surface area contributed by atoms with Gasteiger partial charge in [0.05, 0.1) is 0 Å². The summed E-state index contributed by atoms with van der Waals surface area (Å²) in [7, 11) is -10.7. The summed E-state index contributed by atoms with van der Waals surface area (Å²) in [6, 6.07) is 25.0. The average molecular weight is 943 g/mol. The van der Waals surface area contributed by atoms with Crippen LogP contribution in [-0.4, -0.2) is 35.3 Å². The van der Waals surface area contributed by atoms with Crippen molar-refractivity contribution < 1.29 is 27.4 Å². The van der Waals surface area contributed by atoms with E-state index in [1.165, 1.54) is 0 Å². The van der Waals surface area contributed by atoms with Crippen LogP contribution in [0.2, 0.25) is 0 Å². The number of carbonyl (C=O) groups excluding carboxylic acids is 1. The molecule has 0 saturated carbocycles. The molecule has 0 aliphatic carbocycles. The molecular weight excluding hydrogens is 869 g/mol. The number of rotatable bonds is 14. The van der Waals surface area contributed by atoms with Crippen molar-refractivity contribution in [2.75, 3.05) is 19.6 Å². The lowest BCUT2D eigenvalue weighted by atomic mass is 9.91. The lowest BCUT2D eigenvalue weighted by Gasteiger charge is -2.59. The number of anilines is 4. The van der Waals surface area contributed by atoms with Crippen molar-refractivity contribution >= 4 is 46.5 Å². The normalized spacial score (nSPS) is 20.5. The van der Waals surface area contributed by atoms with Gasteiger partial charge in [-0.25, -0.2) is 4.79 Å². The van der Waals surface area contributed by atoms with Crippen LogP contribution in [0.25, 0.3) is 0 Å². The first-order valence-electron chi connectivity index (χ1n) is 24.6. The molecule has 4 aromatic carbocycles. The van der Waals surface area contributed by atoms with Crippen LogP contribution in [0.4, 0.5) is 27.5 Å². The molecule has 1 saturated heterocycles. The lowest BCUT2D eigenvalue weighted by molar-refractivity contribution is -0.313. The minimum Gasteiger partial charge on any atom is -0.805 e. The molecule has 67 heavy (non-hydrogen) atoms. The summed E-state index contributed by atoms with van der Waals surface area (Å²) in [4.78, 5) is 56.1. The Morgan fingerprint density at radius 2 is 0.552 bits per heavy atom. The first kappa shape index (κ1) is 50.0. The van der Waals surface area contributed by atoms with Gasteiger partial charge < -0.3 is 42.2 Å². The number of benzene rings is 4. The first-order valence-corrected chi connectivity index (χ1v) is 28.2. The minimum atomic E-state index is -5.36. The molecule has 3 heterocycles. The summed E-state index contributed by atoms with van der Waals surface area (Å²) in [5.74, 6) is -1.98. The zero-order chi connectivity index (χ0) is 49.0. The molecule has 0 N–H and O–H groups in total. The molecule has 2 atom stereocenters. The van der Waals surface area contributed by atoms with Gasteiger partial charge in [-0.1, -0.05) is 184 Å². The molecule has 1 fully saturated rings. The van der Waals surface area contributed by atoms with Gasteiger partial charge in [0.1, 0.15) is 0 Å². The monoisotopic (exact) mass is 943 g/mol. The van der Waals surface area contributed by atoms with Crippen molar-refractivity contribution in [3.63, 3.8) is 0 Å². The number of para-hydroxylation sites is 4. The maximum atomic E-state index is 16.8. The predicted octanol–water partition coefficient (Wildman–Crippen LogP) is 12.5. The molecule has 10 nitrogen and oxygen atoms in total. The van der Waals surface area contributed by atoms with Gasteiger partial charge in [-0.3, -0.25) is 0 Å². The standard InChI is InChI=1S/C55H74N4O6Si2/c1-33(2)41-21-17-22-42(34(3)4)49(41)56-29-30-57(50-43(35(5)6)23-18-24-44(50)36(7)8)53(56)66(61)63-55(60)64-67(62,65-66)54-58(51-45(37(9)10)25-19-26-46(51)38(11)12)31-32-59(54)52-47(39(13)14)27-20-28-48(52)40(15)16/h17-40,53-54H,1-16H3/q-2. The Bertz CT molecular complexity index is 2100. The van der Waals surface area contributed by atoms with Gasteiger partial charge in [0.15, 0.2) is 11.6 Å². The van der Waals surface area contributed by atoms with E-state index in [9.17, 15) is 4.79 Å². The van der Waals surface area contributed by atoms with E-state index in [2.05, 4.69) is 184 Å². The topological polar surface area (TPSA) is 104 Å². The molecule has 7 rings (SSSR count). The number of hydrogen-bond donors (Lipinski definition) is 0. The van der Waals surface area contributed by atoms with E-state index < -0.39 is 35.3 Å². The van der Waals surface area contributed by atoms with Crippen molar-refractivity contribution in [1.29, 1.82) is 0 Å². The molecular formula is C55H74N4O6Si2-2. The molecule has 0 aromatic heterocycles. The summed E-state index contributed by atoms with van der Waals surface area (Å²) in [5.41, 5.74) is 11.6. The van der Waals surface area contributed by atoms with Crippen LogP contribution in [-0.2, 0) is 13.0 Å². The van der Waals surface area contributed by atoms with Crippen molar-refractivity contribution in [2.24, 2.45) is 0 Å². The maximum absolute atomic E-state index is 16.8. The Balaban J connectivity index is 1.53. The van der Waals surface area contributed by atoms with E-state index in [0.717, 1.165) is 67.3 Å². The van der Waals surface area contributed by atoms with Gasteiger partial charge in [0, 0.05) is 47.5 Å². The van der Waals surface area contributed by atoms with E-state index in [1.807, 2.05) is 44.4 Å². The molecule has 2 unspecified atom stereocenters. The molecule has 0 spiro atoms. The highest BCUT2D eigenvalue weighted by atomic mass is 28.5. The summed E-state index contributed by atoms with van der Waals surface area (Å²) >= 11 is 0. The van der Waals surface area contributed by atoms with E-state index in [4.69, 9.17) is 13.0 Å². The van der Waals surface area contributed by atoms with Crippen LogP contribution in [0.15, 0.2) is 97.6 Å². The van der Waals surface area contributed by atoms with Crippen molar-refractivity contribution in [3.8, 4) is 0 Å². The van der Waals surface area contributed by atoms with Gasteiger partial charge in [0.25, 0.3) is 0 Å². The number of hydrogen-bond acceptors (Lipinski definition) is 10. The smallest absolute Gasteiger partial charge is 0.482 e.